The number of alkyl halides is 3. The lowest BCUT2D eigenvalue weighted by Crippen LogP contribution is -2.42. The molecule has 4 nitrogen and oxygen atoms in total. The standard InChI is InChI=1S/C15H17F3O4/c1-20-13(19)14(6-8-21-9-7-14)11-2-4-12(5-3-11)22-10-15(16,17)18/h2-5H,6-10H2,1H3. The molecule has 0 radical (unpaired) electrons. The Morgan fingerprint density at radius 3 is 2.32 bits per heavy atom. The van der Waals surface area contributed by atoms with Gasteiger partial charge in [-0.1, -0.05) is 12.1 Å². The van der Waals surface area contributed by atoms with Crippen LogP contribution in [0.2, 0.25) is 0 Å². The summed E-state index contributed by atoms with van der Waals surface area (Å²) in [6.45, 7) is -0.481. The van der Waals surface area contributed by atoms with E-state index in [0.29, 0.717) is 31.6 Å². The van der Waals surface area contributed by atoms with Gasteiger partial charge in [0.1, 0.15) is 5.75 Å². The second-order valence-corrected chi connectivity index (χ2v) is 5.11. The molecule has 0 N–H and O–H groups in total. The first-order chi connectivity index (χ1) is 10.4. The molecular weight excluding hydrogens is 301 g/mol. The molecule has 0 unspecified atom stereocenters. The van der Waals surface area contributed by atoms with Crippen LogP contribution in [-0.4, -0.2) is 39.1 Å². The van der Waals surface area contributed by atoms with Gasteiger partial charge in [0.15, 0.2) is 6.61 Å². The van der Waals surface area contributed by atoms with Crippen molar-refractivity contribution in [1.82, 2.24) is 0 Å². The molecule has 0 amide bonds. The Morgan fingerprint density at radius 1 is 1.23 bits per heavy atom. The molecule has 122 valence electrons. The lowest BCUT2D eigenvalue weighted by Gasteiger charge is -2.34. The highest BCUT2D eigenvalue weighted by Gasteiger charge is 2.42. The van der Waals surface area contributed by atoms with Gasteiger partial charge < -0.3 is 14.2 Å². The molecule has 1 fully saturated rings. The molecular formula is C15H17F3O4. The van der Waals surface area contributed by atoms with Gasteiger partial charge in [0.2, 0.25) is 0 Å². The Bertz CT molecular complexity index is 505. The van der Waals surface area contributed by atoms with E-state index < -0.39 is 18.2 Å². The maximum absolute atomic E-state index is 12.2. The molecule has 0 aromatic heterocycles. The summed E-state index contributed by atoms with van der Waals surface area (Å²) in [5, 5.41) is 0. The molecule has 1 heterocycles. The zero-order valence-electron chi connectivity index (χ0n) is 12.1. The number of carbonyl (C=O) groups excluding carboxylic acids is 1. The zero-order valence-corrected chi connectivity index (χ0v) is 12.1. The first-order valence-electron chi connectivity index (χ1n) is 6.84. The van der Waals surface area contributed by atoms with Crippen LogP contribution in [0.5, 0.6) is 5.75 Å². The van der Waals surface area contributed by atoms with Crippen LogP contribution in [0.25, 0.3) is 0 Å². The summed E-state index contributed by atoms with van der Waals surface area (Å²) < 4.78 is 51.2. The van der Waals surface area contributed by atoms with E-state index in [9.17, 15) is 18.0 Å². The molecule has 2 rings (SSSR count). The van der Waals surface area contributed by atoms with E-state index in [1.165, 1.54) is 19.2 Å². The maximum Gasteiger partial charge on any atom is 0.422 e. The van der Waals surface area contributed by atoms with Crippen LogP contribution in [0.3, 0.4) is 0 Å². The van der Waals surface area contributed by atoms with Crippen LogP contribution < -0.4 is 4.74 Å². The van der Waals surface area contributed by atoms with Crippen molar-refractivity contribution in [2.24, 2.45) is 0 Å². The van der Waals surface area contributed by atoms with Crippen molar-refractivity contribution >= 4 is 5.97 Å². The maximum atomic E-state index is 12.2. The van der Waals surface area contributed by atoms with Gasteiger partial charge in [-0.25, -0.2) is 0 Å². The number of hydrogen-bond donors (Lipinski definition) is 0. The van der Waals surface area contributed by atoms with Crippen LogP contribution >= 0.6 is 0 Å². The third-order valence-electron chi connectivity index (χ3n) is 3.73. The Labute approximate surface area is 126 Å². The third kappa shape index (κ3) is 3.71. The fourth-order valence-electron chi connectivity index (χ4n) is 2.56. The summed E-state index contributed by atoms with van der Waals surface area (Å²) in [4.78, 5) is 12.2. The van der Waals surface area contributed by atoms with Crippen molar-refractivity contribution in [2.45, 2.75) is 24.4 Å². The van der Waals surface area contributed by atoms with Crippen LogP contribution in [0, 0.1) is 0 Å². The fourth-order valence-corrected chi connectivity index (χ4v) is 2.56. The van der Waals surface area contributed by atoms with Crippen molar-refractivity contribution in [2.75, 3.05) is 26.9 Å². The summed E-state index contributed by atoms with van der Waals surface area (Å²) in [5.74, 6) is -0.257. The van der Waals surface area contributed by atoms with Crippen LogP contribution in [0.1, 0.15) is 18.4 Å². The molecule has 1 aliphatic heterocycles. The average Bonchev–Trinajstić information content (AvgIpc) is 2.52. The highest BCUT2D eigenvalue weighted by molar-refractivity contribution is 5.83. The number of ether oxygens (including phenoxy) is 3. The van der Waals surface area contributed by atoms with Gasteiger partial charge in [-0.3, -0.25) is 4.79 Å². The van der Waals surface area contributed by atoms with E-state index in [4.69, 9.17) is 9.47 Å². The van der Waals surface area contributed by atoms with E-state index in [-0.39, 0.29) is 11.7 Å². The number of halogens is 3. The lowest BCUT2D eigenvalue weighted by atomic mass is 9.74. The van der Waals surface area contributed by atoms with Crippen LogP contribution in [0.4, 0.5) is 13.2 Å². The van der Waals surface area contributed by atoms with Crippen molar-refractivity contribution in [3.63, 3.8) is 0 Å². The molecule has 1 aromatic rings. The van der Waals surface area contributed by atoms with Crippen molar-refractivity contribution in [1.29, 1.82) is 0 Å². The lowest BCUT2D eigenvalue weighted by molar-refractivity contribution is -0.153. The van der Waals surface area contributed by atoms with Crippen molar-refractivity contribution in [3.05, 3.63) is 29.8 Å². The van der Waals surface area contributed by atoms with Crippen LogP contribution in [0.15, 0.2) is 24.3 Å². The van der Waals surface area contributed by atoms with Gasteiger partial charge >= 0.3 is 12.1 Å². The molecule has 0 bridgehead atoms. The van der Waals surface area contributed by atoms with E-state index in [2.05, 4.69) is 4.74 Å². The first-order valence-corrected chi connectivity index (χ1v) is 6.84. The Balaban J connectivity index is 2.17. The quantitative estimate of drug-likeness (QED) is 0.801. The second-order valence-electron chi connectivity index (χ2n) is 5.11. The molecule has 1 aromatic carbocycles. The van der Waals surface area contributed by atoms with Crippen molar-refractivity contribution < 1.29 is 32.2 Å². The topological polar surface area (TPSA) is 44.8 Å². The van der Waals surface area contributed by atoms with Gasteiger partial charge in [0, 0.05) is 13.2 Å². The molecule has 7 heteroatoms. The highest BCUT2D eigenvalue weighted by atomic mass is 19.4. The predicted molar refractivity (Wildman–Crippen MR) is 71.7 cm³/mol. The Kier molecular flexibility index (Phi) is 4.95. The number of benzene rings is 1. The van der Waals surface area contributed by atoms with Gasteiger partial charge in [-0.2, -0.15) is 13.2 Å². The molecule has 0 atom stereocenters. The number of carbonyl (C=O) groups is 1. The average molecular weight is 318 g/mol. The SMILES string of the molecule is COC(=O)C1(c2ccc(OCC(F)(F)F)cc2)CCOCC1. The largest absolute Gasteiger partial charge is 0.484 e. The molecule has 0 saturated carbocycles. The van der Waals surface area contributed by atoms with Crippen molar-refractivity contribution in [3.8, 4) is 5.75 Å². The molecule has 22 heavy (non-hydrogen) atoms. The van der Waals surface area contributed by atoms with Gasteiger partial charge in [0.05, 0.1) is 12.5 Å². The van der Waals surface area contributed by atoms with E-state index >= 15 is 0 Å². The fraction of sp³-hybridized carbons (Fsp3) is 0.533. The second kappa shape index (κ2) is 6.56. The number of esters is 1. The number of methoxy groups -OCH3 is 1. The van der Waals surface area contributed by atoms with E-state index in [0.717, 1.165) is 0 Å². The summed E-state index contributed by atoms with van der Waals surface area (Å²) in [6, 6.07) is 6.07. The highest BCUT2D eigenvalue weighted by Crippen LogP contribution is 2.36. The summed E-state index contributed by atoms with van der Waals surface area (Å²) in [7, 11) is 1.32. The minimum Gasteiger partial charge on any atom is -0.484 e. The van der Waals surface area contributed by atoms with Crippen LogP contribution in [-0.2, 0) is 19.7 Å². The first kappa shape index (κ1) is 16.6. The number of rotatable bonds is 4. The zero-order chi connectivity index (χ0) is 16.2. The molecule has 0 aliphatic carbocycles. The van der Waals surface area contributed by atoms with E-state index in [1.54, 1.807) is 12.1 Å². The third-order valence-corrected chi connectivity index (χ3v) is 3.73. The Morgan fingerprint density at radius 2 is 1.82 bits per heavy atom. The van der Waals surface area contributed by atoms with E-state index in [1.807, 2.05) is 0 Å². The molecule has 0 spiro atoms. The monoisotopic (exact) mass is 318 g/mol. The smallest absolute Gasteiger partial charge is 0.422 e. The Hall–Kier alpha value is -1.76. The summed E-state index contributed by atoms with van der Waals surface area (Å²) in [6.07, 6.45) is -3.43. The summed E-state index contributed by atoms with van der Waals surface area (Å²) >= 11 is 0. The minimum absolute atomic E-state index is 0.105. The number of hydrogen-bond acceptors (Lipinski definition) is 4. The molecule has 1 saturated heterocycles. The summed E-state index contributed by atoms with van der Waals surface area (Å²) in [5.41, 5.74) is -0.114. The van der Waals surface area contributed by atoms with Gasteiger partial charge in [-0.05, 0) is 30.5 Å². The normalized spacial score (nSPS) is 17.8. The molecule has 1 aliphatic rings. The van der Waals surface area contributed by atoms with Gasteiger partial charge in [0.25, 0.3) is 0 Å². The minimum atomic E-state index is -4.38. The predicted octanol–water partition coefficient (Wildman–Crippen LogP) is 2.85. The van der Waals surface area contributed by atoms with Gasteiger partial charge in [-0.15, -0.1) is 0 Å².